The SMILES string of the molecule is CC(C)CCC[C@@H](C)C[C@@H]1COC(c2ccccc2)O1. The van der Waals surface area contributed by atoms with Crippen molar-refractivity contribution < 1.29 is 9.47 Å². The summed E-state index contributed by atoms with van der Waals surface area (Å²) in [6.07, 6.45) is 5.17. The highest BCUT2D eigenvalue weighted by Gasteiger charge is 2.28. The predicted octanol–water partition coefficient (Wildman–Crippen LogP) is 4.95. The zero-order valence-electron chi connectivity index (χ0n) is 13.0. The summed E-state index contributed by atoms with van der Waals surface area (Å²) in [5, 5.41) is 0. The van der Waals surface area contributed by atoms with E-state index in [2.05, 4.69) is 32.9 Å². The second kappa shape index (κ2) is 7.80. The summed E-state index contributed by atoms with van der Waals surface area (Å²) in [5.41, 5.74) is 1.13. The number of benzene rings is 1. The second-order valence-electron chi connectivity index (χ2n) is 6.50. The van der Waals surface area contributed by atoms with E-state index in [4.69, 9.17) is 9.47 Å². The molecule has 3 atom stereocenters. The highest BCUT2D eigenvalue weighted by molar-refractivity contribution is 5.16. The molecule has 1 aromatic carbocycles. The number of rotatable bonds is 7. The smallest absolute Gasteiger partial charge is 0.184 e. The molecule has 1 heterocycles. The van der Waals surface area contributed by atoms with E-state index < -0.39 is 0 Å². The summed E-state index contributed by atoms with van der Waals surface area (Å²) < 4.78 is 11.8. The average molecular weight is 276 g/mol. The molecule has 1 unspecified atom stereocenters. The van der Waals surface area contributed by atoms with Crippen LogP contribution < -0.4 is 0 Å². The maximum atomic E-state index is 6.02. The van der Waals surface area contributed by atoms with E-state index in [0.717, 1.165) is 30.4 Å². The summed E-state index contributed by atoms with van der Waals surface area (Å²) in [6, 6.07) is 10.2. The lowest BCUT2D eigenvalue weighted by Crippen LogP contribution is -2.14. The van der Waals surface area contributed by atoms with Crippen molar-refractivity contribution in [3.63, 3.8) is 0 Å². The molecule has 0 aromatic heterocycles. The molecule has 1 saturated heterocycles. The normalized spacial score (nSPS) is 24.2. The first-order chi connectivity index (χ1) is 9.65. The van der Waals surface area contributed by atoms with Gasteiger partial charge in [0.25, 0.3) is 0 Å². The summed E-state index contributed by atoms with van der Waals surface area (Å²) in [5.74, 6) is 1.53. The van der Waals surface area contributed by atoms with Crippen molar-refractivity contribution in [2.75, 3.05) is 6.61 Å². The Hall–Kier alpha value is -0.860. The molecule has 0 bridgehead atoms. The molecule has 1 aliphatic heterocycles. The third kappa shape index (κ3) is 4.92. The molecular formula is C18H28O2. The van der Waals surface area contributed by atoms with E-state index in [0.29, 0.717) is 0 Å². The molecule has 1 fully saturated rings. The Balaban J connectivity index is 1.70. The van der Waals surface area contributed by atoms with Crippen LogP contribution in [0.3, 0.4) is 0 Å². The standard InChI is InChI=1S/C18H28O2/c1-14(2)8-7-9-15(3)12-17-13-19-18(20-17)16-10-5-4-6-11-16/h4-6,10-11,14-15,17-18H,7-9,12-13H2,1-3H3/t15-,17-,18?/m1/s1. The van der Waals surface area contributed by atoms with Gasteiger partial charge in [-0.1, -0.05) is 70.4 Å². The molecule has 0 spiro atoms. The van der Waals surface area contributed by atoms with Crippen LogP contribution in [-0.4, -0.2) is 12.7 Å². The van der Waals surface area contributed by atoms with Gasteiger partial charge in [0.1, 0.15) is 0 Å². The molecule has 0 amide bonds. The molecule has 1 aliphatic rings. The Morgan fingerprint density at radius 2 is 1.85 bits per heavy atom. The Labute approximate surface area is 123 Å². The molecule has 0 saturated carbocycles. The van der Waals surface area contributed by atoms with Crippen LogP contribution in [-0.2, 0) is 9.47 Å². The Bertz CT molecular complexity index is 374. The van der Waals surface area contributed by atoms with E-state index in [1.54, 1.807) is 0 Å². The quantitative estimate of drug-likeness (QED) is 0.701. The van der Waals surface area contributed by atoms with Crippen molar-refractivity contribution in [2.24, 2.45) is 11.8 Å². The van der Waals surface area contributed by atoms with Gasteiger partial charge in [0.2, 0.25) is 0 Å². The second-order valence-corrected chi connectivity index (χ2v) is 6.50. The number of hydrogen-bond acceptors (Lipinski definition) is 2. The van der Waals surface area contributed by atoms with Gasteiger partial charge >= 0.3 is 0 Å². The van der Waals surface area contributed by atoms with E-state index in [1.807, 2.05) is 18.2 Å². The van der Waals surface area contributed by atoms with Gasteiger partial charge in [0.05, 0.1) is 12.7 Å². The van der Waals surface area contributed by atoms with Gasteiger partial charge in [0, 0.05) is 5.56 Å². The summed E-state index contributed by atoms with van der Waals surface area (Å²) in [7, 11) is 0. The third-order valence-electron chi connectivity index (χ3n) is 3.96. The van der Waals surface area contributed by atoms with Crippen LogP contribution in [0.2, 0.25) is 0 Å². The topological polar surface area (TPSA) is 18.5 Å². The van der Waals surface area contributed by atoms with Crippen LogP contribution in [0.25, 0.3) is 0 Å². The van der Waals surface area contributed by atoms with Crippen molar-refractivity contribution in [3.05, 3.63) is 35.9 Å². The highest BCUT2D eigenvalue weighted by Crippen LogP contribution is 2.30. The van der Waals surface area contributed by atoms with E-state index in [9.17, 15) is 0 Å². The van der Waals surface area contributed by atoms with Crippen LogP contribution in [0.4, 0.5) is 0 Å². The van der Waals surface area contributed by atoms with E-state index in [-0.39, 0.29) is 12.4 Å². The largest absolute Gasteiger partial charge is 0.346 e. The minimum Gasteiger partial charge on any atom is -0.346 e. The maximum Gasteiger partial charge on any atom is 0.184 e. The molecule has 2 nitrogen and oxygen atoms in total. The molecule has 2 heteroatoms. The van der Waals surface area contributed by atoms with Crippen LogP contribution in [0.1, 0.15) is 58.3 Å². The van der Waals surface area contributed by atoms with Crippen LogP contribution in [0.5, 0.6) is 0 Å². The third-order valence-corrected chi connectivity index (χ3v) is 3.96. The fourth-order valence-corrected chi connectivity index (χ4v) is 2.80. The molecule has 2 rings (SSSR count). The summed E-state index contributed by atoms with van der Waals surface area (Å²) in [4.78, 5) is 0. The van der Waals surface area contributed by atoms with Gasteiger partial charge < -0.3 is 9.47 Å². The first-order valence-corrected chi connectivity index (χ1v) is 7.97. The minimum absolute atomic E-state index is 0.163. The molecular weight excluding hydrogens is 248 g/mol. The first kappa shape index (κ1) is 15.5. The minimum atomic E-state index is -0.163. The highest BCUT2D eigenvalue weighted by atomic mass is 16.7. The first-order valence-electron chi connectivity index (χ1n) is 7.97. The molecule has 20 heavy (non-hydrogen) atoms. The molecule has 112 valence electrons. The van der Waals surface area contributed by atoms with E-state index in [1.165, 1.54) is 19.3 Å². The maximum absolute atomic E-state index is 6.02. The van der Waals surface area contributed by atoms with Crippen molar-refractivity contribution in [3.8, 4) is 0 Å². The van der Waals surface area contributed by atoms with Crippen molar-refractivity contribution >= 4 is 0 Å². The lowest BCUT2D eigenvalue weighted by Gasteiger charge is -2.16. The van der Waals surface area contributed by atoms with Crippen molar-refractivity contribution in [1.29, 1.82) is 0 Å². The van der Waals surface area contributed by atoms with Gasteiger partial charge in [-0.3, -0.25) is 0 Å². The van der Waals surface area contributed by atoms with Gasteiger partial charge in [-0.15, -0.1) is 0 Å². The van der Waals surface area contributed by atoms with Gasteiger partial charge in [0.15, 0.2) is 6.29 Å². The van der Waals surface area contributed by atoms with Crippen LogP contribution >= 0.6 is 0 Å². The molecule has 0 radical (unpaired) electrons. The van der Waals surface area contributed by atoms with Gasteiger partial charge in [-0.05, 0) is 18.3 Å². The van der Waals surface area contributed by atoms with Crippen molar-refractivity contribution in [2.45, 2.75) is 58.8 Å². The van der Waals surface area contributed by atoms with Crippen LogP contribution in [0, 0.1) is 11.8 Å². The van der Waals surface area contributed by atoms with Crippen molar-refractivity contribution in [1.82, 2.24) is 0 Å². The zero-order chi connectivity index (χ0) is 14.4. The Morgan fingerprint density at radius 1 is 1.10 bits per heavy atom. The predicted molar refractivity (Wildman–Crippen MR) is 82.5 cm³/mol. The van der Waals surface area contributed by atoms with Crippen LogP contribution in [0.15, 0.2) is 30.3 Å². The molecule has 0 aliphatic carbocycles. The average Bonchev–Trinajstić information content (AvgIpc) is 2.88. The summed E-state index contributed by atoms with van der Waals surface area (Å²) in [6.45, 7) is 7.65. The van der Waals surface area contributed by atoms with Gasteiger partial charge in [-0.25, -0.2) is 0 Å². The lowest BCUT2D eigenvalue weighted by molar-refractivity contribution is -0.0630. The number of ether oxygens (including phenoxy) is 2. The Morgan fingerprint density at radius 3 is 2.55 bits per heavy atom. The fraction of sp³-hybridized carbons (Fsp3) is 0.667. The van der Waals surface area contributed by atoms with Gasteiger partial charge in [-0.2, -0.15) is 0 Å². The number of hydrogen-bond donors (Lipinski definition) is 0. The zero-order valence-corrected chi connectivity index (χ0v) is 13.0. The Kier molecular flexibility index (Phi) is 6.06. The lowest BCUT2D eigenvalue weighted by atomic mass is 9.95. The molecule has 0 N–H and O–H groups in total. The fourth-order valence-electron chi connectivity index (χ4n) is 2.80. The monoisotopic (exact) mass is 276 g/mol. The van der Waals surface area contributed by atoms with E-state index >= 15 is 0 Å². The molecule has 1 aromatic rings. The summed E-state index contributed by atoms with van der Waals surface area (Å²) >= 11 is 0.